The summed E-state index contributed by atoms with van der Waals surface area (Å²) in [6.07, 6.45) is 2.33. The first kappa shape index (κ1) is 11.0. The fraction of sp³-hybridized carbons (Fsp3) is 0.385. The molecule has 0 fully saturated rings. The van der Waals surface area contributed by atoms with Gasteiger partial charge < -0.3 is 5.11 Å². The number of aliphatic hydroxyl groups is 1. The molecular weight excluding hydrogens is 172 g/mol. The van der Waals surface area contributed by atoms with Gasteiger partial charge in [0.25, 0.3) is 0 Å². The normalized spacial score (nSPS) is 14.9. The van der Waals surface area contributed by atoms with Crippen molar-refractivity contribution in [1.29, 1.82) is 0 Å². The summed E-state index contributed by atoms with van der Waals surface area (Å²) < 4.78 is 0. The standard InChI is InChI=1S/C13H18O/c1-5-6-13(4,14)12-8-10(2)7-11(3)9-12/h5,7-9,14H,1,6H2,2-4H3. The van der Waals surface area contributed by atoms with E-state index in [1.807, 2.05) is 32.9 Å². The molecule has 1 nitrogen and oxygen atoms in total. The van der Waals surface area contributed by atoms with Crippen molar-refractivity contribution in [3.63, 3.8) is 0 Å². The first-order chi connectivity index (χ1) is 6.45. The van der Waals surface area contributed by atoms with Gasteiger partial charge in [-0.2, -0.15) is 0 Å². The zero-order valence-electron chi connectivity index (χ0n) is 9.17. The third kappa shape index (κ3) is 2.46. The molecule has 1 N–H and O–H groups in total. The zero-order chi connectivity index (χ0) is 10.8. The highest BCUT2D eigenvalue weighted by molar-refractivity contribution is 5.32. The summed E-state index contributed by atoms with van der Waals surface area (Å²) in [5.41, 5.74) is 2.54. The van der Waals surface area contributed by atoms with Gasteiger partial charge in [-0.3, -0.25) is 0 Å². The van der Waals surface area contributed by atoms with Crippen LogP contribution in [0.1, 0.15) is 30.0 Å². The Morgan fingerprint density at radius 3 is 2.21 bits per heavy atom. The Morgan fingerprint density at radius 2 is 1.79 bits per heavy atom. The van der Waals surface area contributed by atoms with Crippen LogP contribution < -0.4 is 0 Å². The Balaban J connectivity index is 3.11. The van der Waals surface area contributed by atoms with Gasteiger partial charge in [0.05, 0.1) is 5.60 Å². The molecule has 1 heteroatoms. The van der Waals surface area contributed by atoms with Crippen molar-refractivity contribution in [2.75, 3.05) is 0 Å². The molecule has 1 aromatic rings. The van der Waals surface area contributed by atoms with E-state index in [0.29, 0.717) is 6.42 Å². The van der Waals surface area contributed by atoms with Gasteiger partial charge in [-0.15, -0.1) is 6.58 Å². The highest BCUT2D eigenvalue weighted by Crippen LogP contribution is 2.26. The zero-order valence-corrected chi connectivity index (χ0v) is 9.17. The van der Waals surface area contributed by atoms with Gasteiger partial charge in [0, 0.05) is 0 Å². The van der Waals surface area contributed by atoms with E-state index < -0.39 is 5.60 Å². The van der Waals surface area contributed by atoms with Gasteiger partial charge >= 0.3 is 0 Å². The minimum atomic E-state index is -0.793. The van der Waals surface area contributed by atoms with Crippen molar-refractivity contribution in [2.24, 2.45) is 0 Å². The number of aryl methyl sites for hydroxylation is 2. The van der Waals surface area contributed by atoms with E-state index in [0.717, 1.165) is 5.56 Å². The third-order valence-electron chi connectivity index (χ3n) is 2.39. The van der Waals surface area contributed by atoms with E-state index in [2.05, 4.69) is 12.6 Å². The molecule has 0 aliphatic carbocycles. The SMILES string of the molecule is C=CCC(C)(O)c1cc(C)cc(C)c1. The molecule has 0 bridgehead atoms. The summed E-state index contributed by atoms with van der Waals surface area (Å²) >= 11 is 0. The highest BCUT2D eigenvalue weighted by Gasteiger charge is 2.21. The van der Waals surface area contributed by atoms with E-state index in [1.165, 1.54) is 11.1 Å². The molecule has 0 aliphatic heterocycles. The molecule has 1 rings (SSSR count). The molecule has 0 amide bonds. The van der Waals surface area contributed by atoms with E-state index in [1.54, 1.807) is 6.08 Å². The van der Waals surface area contributed by atoms with Crippen LogP contribution in [0.3, 0.4) is 0 Å². The minimum absolute atomic E-state index is 0.579. The monoisotopic (exact) mass is 190 g/mol. The fourth-order valence-corrected chi connectivity index (χ4v) is 1.68. The van der Waals surface area contributed by atoms with Gasteiger partial charge in [-0.25, -0.2) is 0 Å². The van der Waals surface area contributed by atoms with Crippen LogP contribution in [0.4, 0.5) is 0 Å². The topological polar surface area (TPSA) is 20.2 Å². The molecule has 1 aromatic carbocycles. The van der Waals surface area contributed by atoms with Gasteiger partial charge in [0.1, 0.15) is 0 Å². The van der Waals surface area contributed by atoms with Crippen molar-refractivity contribution in [3.05, 3.63) is 47.5 Å². The molecule has 0 saturated heterocycles. The van der Waals surface area contributed by atoms with Crippen LogP contribution in [0, 0.1) is 13.8 Å². The first-order valence-corrected chi connectivity index (χ1v) is 4.88. The number of hydrogen-bond acceptors (Lipinski definition) is 1. The highest BCUT2D eigenvalue weighted by atomic mass is 16.3. The smallest absolute Gasteiger partial charge is 0.0902 e. The molecule has 0 radical (unpaired) electrons. The van der Waals surface area contributed by atoms with Crippen molar-refractivity contribution in [3.8, 4) is 0 Å². The van der Waals surface area contributed by atoms with Crippen molar-refractivity contribution >= 4 is 0 Å². The third-order valence-corrected chi connectivity index (χ3v) is 2.39. The Labute approximate surface area is 86.1 Å². The van der Waals surface area contributed by atoms with Crippen LogP contribution in [0.25, 0.3) is 0 Å². The van der Waals surface area contributed by atoms with Gasteiger partial charge in [-0.1, -0.05) is 35.4 Å². The second-order valence-electron chi connectivity index (χ2n) is 4.14. The lowest BCUT2D eigenvalue weighted by Gasteiger charge is -2.23. The van der Waals surface area contributed by atoms with Crippen LogP contribution in [0.15, 0.2) is 30.9 Å². The second-order valence-corrected chi connectivity index (χ2v) is 4.14. The lowest BCUT2D eigenvalue weighted by molar-refractivity contribution is 0.0605. The van der Waals surface area contributed by atoms with E-state index in [-0.39, 0.29) is 0 Å². The Hall–Kier alpha value is -1.08. The van der Waals surface area contributed by atoms with Crippen LogP contribution in [-0.2, 0) is 5.60 Å². The molecule has 14 heavy (non-hydrogen) atoms. The summed E-state index contributed by atoms with van der Waals surface area (Å²) in [6, 6.07) is 6.15. The molecular formula is C13H18O. The molecule has 0 saturated carbocycles. The van der Waals surface area contributed by atoms with E-state index in [4.69, 9.17) is 0 Å². The second kappa shape index (κ2) is 3.97. The average Bonchev–Trinajstić information content (AvgIpc) is 2.02. The fourth-order valence-electron chi connectivity index (χ4n) is 1.68. The summed E-state index contributed by atoms with van der Waals surface area (Å²) in [6.45, 7) is 9.56. The maximum atomic E-state index is 10.2. The van der Waals surface area contributed by atoms with Crippen molar-refractivity contribution in [2.45, 2.75) is 32.8 Å². The molecule has 0 heterocycles. The number of benzene rings is 1. The first-order valence-electron chi connectivity index (χ1n) is 4.88. The average molecular weight is 190 g/mol. The Kier molecular flexibility index (Phi) is 3.12. The summed E-state index contributed by atoms with van der Waals surface area (Å²) in [5, 5.41) is 10.2. The minimum Gasteiger partial charge on any atom is -0.385 e. The summed E-state index contributed by atoms with van der Waals surface area (Å²) in [4.78, 5) is 0. The number of rotatable bonds is 3. The van der Waals surface area contributed by atoms with Gasteiger partial charge in [0.15, 0.2) is 0 Å². The molecule has 0 aromatic heterocycles. The predicted molar refractivity (Wildman–Crippen MR) is 60.3 cm³/mol. The number of hydrogen-bond donors (Lipinski definition) is 1. The summed E-state index contributed by atoms with van der Waals surface area (Å²) in [7, 11) is 0. The van der Waals surface area contributed by atoms with Gasteiger partial charge in [-0.05, 0) is 32.8 Å². The van der Waals surface area contributed by atoms with Crippen LogP contribution in [0.2, 0.25) is 0 Å². The maximum Gasteiger partial charge on any atom is 0.0902 e. The Morgan fingerprint density at radius 1 is 1.29 bits per heavy atom. The molecule has 0 spiro atoms. The van der Waals surface area contributed by atoms with Gasteiger partial charge in [0.2, 0.25) is 0 Å². The van der Waals surface area contributed by atoms with E-state index in [9.17, 15) is 5.11 Å². The lowest BCUT2D eigenvalue weighted by atomic mass is 9.90. The largest absolute Gasteiger partial charge is 0.385 e. The Bertz CT molecular complexity index is 317. The molecule has 76 valence electrons. The van der Waals surface area contributed by atoms with E-state index >= 15 is 0 Å². The van der Waals surface area contributed by atoms with Crippen molar-refractivity contribution < 1.29 is 5.11 Å². The van der Waals surface area contributed by atoms with Crippen LogP contribution >= 0.6 is 0 Å². The molecule has 1 atom stereocenters. The van der Waals surface area contributed by atoms with Crippen molar-refractivity contribution in [1.82, 2.24) is 0 Å². The summed E-state index contributed by atoms with van der Waals surface area (Å²) in [5.74, 6) is 0. The molecule has 0 aliphatic rings. The maximum absolute atomic E-state index is 10.2. The van der Waals surface area contributed by atoms with Crippen LogP contribution in [-0.4, -0.2) is 5.11 Å². The predicted octanol–water partition coefficient (Wildman–Crippen LogP) is 3.09. The quantitative estimate of drug-likeness (QED) is 0.726. The molecule has 1 unspecified atom stereocenters. The lowest BCUT2D eigenvalue weighted by Crippen LogP contribution is -2.20. The van der Waals surface area contributed by atoms with Crippen LogP contribution in [0.5, 0.6) is 0 Å².